The second kappa shape index (κ2) is 4.59. The van der Waals surface area contributed by atoms with Crippen LogP contribution in [-0.4, -0.2) is 40.5 Å². The predicted molar refractivity (Wildman–Crippen MR) is 64.8 cm³/mol. The number of carbonyl (C=O) groups excluding carboxylic acids is 3. The number of nitrogens with one attached hydrogen (secondary N) is 1. The summed E-state index contributed by atoms with van der Waals surface area (Å²) in [6, 6.07) is -0.464. The van der Waals surface area contributed by atoms with Crippen molar-refractivity contribution >= 4 is 17.9 Å². The summed E-state index contributed by atoms with van der Waals surface area (Å²) in [6.07, 6.45) is 0.00646. The fourth-order valence-electron chi connectivity index (χ4n) is 1.62. The number of amides is 3. The number of carbonyl (C=O) groups is 3. The van der Waals surface area contributed by atoms with E-state index < -0.39 is 23.1 Å². The molecule has 6 nitrogen and oxygen atoms in total. The molecule has 1 fully saturated rings. The van der Waals surface area contributed by atoms with E-state index in [9.17, 15) is 14.4 Å². The first kappa shape index (κ1) is 14.5. The van der Waals surface area contributed by atoms with Crippen LogP contribution in [0.5, 0.6) is 0 Å². The first-order valence-corrected chi connectivity index (χ1v) is 5.89. The Labute approximate surface area is 107 Å². The molecule has 0 saturated carbocycles. The molecule has 0 radical (unpaired) electrons. The fraction of sp³-hybridized carbons (Fsp3) is 0.750. The Hall–Kier alpha value is -1.59. The minimum absolute atomic E-state index is 0.00646. The van der Waals surface area contributed by atoms with Crippen LogP contribution in [0.4, 0.5) is 4.79 Å². The van der Waals surface area contributed by atoms with Crippen LogP contribution in [0, 0.1) is 0 Å². The third-order valence-corrected chi connectivity index (χ3v) is 2.40. The van der Waals surface area contributed by atoms with Gasteiger partial charge in [-0.2, -0.15) is 0 Å². The van der Waals surface area contributed by atoms with Crippen LogP contribution in [0.25, 0.3) is 0 Å². The zero-order valence-corrected chi connectivity index (χ0v) is 11.5. The molecule has 0 unspecified atom stereocenters. The molecule has 1 aliphatic rings. The molecule has 6 heteroatoms. The number of imide groups is 1. The molecule has 0 aliphatic carbocycles. The van der Waals surface area contributed by atoms with Crippen LogP contribution in [-0.2, 0) is 14.3 Å². The Bertz CT molecular complexity index is 382. The van der Waals surface area contributed by atoms with E-state index in [0.29, 0.717) is 0 Å². The highest BCUT2D eigenvalue weighted by molar-refractivity contribution is 6.06. The van der Waals surface area contributed by atoms with Crippen molar-refractivity contribution in [3.8, 4) is 0 Å². The number of rotatable bonds is 3. The molecule has 102 valence electrons. The van der Waals surface area contributed by atoms with Gasteiger partial charge in [0.15, 0.2) is 0 Å². The van der Waals surface area contributed by atoms with Gasteiger partial charge in [-0.15, -0.1) is 0 Å². The summed E-state index contributed by atoms with van der Waals surface area (Å²) in [5, 5.41) is 2.55. The van der Waals surface area contributed by atoms with Gasteiger partial charge in [-0.1, -0.05) is 0 Å². The molecule has 1 N–H and O–H groups in total. The van der Waals surface area contributed by atoms with Gasteiger partial charge in [0, 0.05) is 6.54 Å². The maximum absolute atomic E-state index is 11.8. The quantitative estimate of drug-likeness (QED) is 0.605. The lowest BCUT2D eigenvalue weighted by Gasteiger charge is -2.20. The molecule has 0 aromatic carbocycles. The third-order valence-electron chi connectivity index (χ3n) is 2.40. The Morgan fingerprint density at radius 2 is 1.89 bits per heavy atom. The summed E-state index contributed by atoms with van der Waals surface area (Å²) in [7, 11) is 0. The highest BCUT2D eigenvalue weighted by atomic mass is 16.6. The van der Waals surface area contributed by atoms with Crippen molar-refractivity contribution < 1.29 is 19.1 Å². The molecular formula is C12H20N2O4. The fourth-order valence-corrected chi connectivity index (χ4v) is 1.62. The van der Waals surface area contributed by atoms with E-state index in [1.165, 1.54) is 0 Å². The van der Waals surface area contributed by atoms with E-state index in [2.05, 4.69) is 5.32 Å². The van der Waals surface area contributed by atoms with Crippen molar-refractivity contribution in [2.75, 3.05) is 6.54 Å². The molecular weight excluding hydrogens is 236 g/mol. The van der Waals surface area contributed by atoms with Crippen molar-refractivity contribution in [1.29, 1.82) is 0 Å². The monoisotopic (exact) mass is 256 g/mol. The van der Waals surface area contributed by atoms with Crippen LogP contribution in [0.15, 0.2) is 0 Å². The maximum Gasteiger partial charge on any atom is 0.325 e. The standard InChI is InChI=1S/C12H20N2O4/c1-11(2,3)18-8(15)6-7-14-9(16)12(4,5)13-10(14)17/h6-7H2,1-5H3,(H,13,17). The first-order chi connectivity index (χ1) is 8.03. The molecule has 1 aliphatic heterocycles. The van der Waals surface area contributed by atoms with Gasteiger partial charge in [0.2, 0.25) is 0 Å². The average molecular weight is 256 g/mol. The molecule has 18 heavy (non-hydrogen) atoms. The van der Waals surface area contributed by atoms with Gasteiger partial charge in [-0.25, -0.2) is 4.79 Å². The van der Waals surface area contributed by atoms with E-state index in [4.69, 9.17) is 4.74 Å². The smallest absolute Gasteiger partial charge is 0.325 e. The molecule has 0 aromatic heterocycles. The van der Waals surface area contributed by atoms with E-state index in [1.54, 1.807) is 34.6 Å². The summed E-state index contributed by atoms with van der Waals surface area (Å²) in [6.45, 7) is 8.59. The van der Waals surface area contributed by atoms with Crippen LogP contribution >= 0.6 is 0 Å². The average Bonchev–Trinajstić information content (AvgIpc) is 2.31. The summed E-state index contributed by atoms with van der Waals surface area (Å²) >= 11 is 0. The minimum atomic E-state index is -0.898. The molecule has 1 heterocycles. The van der Waals surface area contributed by atoms with Crippen LogP contribution < -0.4 is 5.32 Å². The van der Waals surface area contributed by atoms with Crippen molar-refractivity contribution in [3.05, 3.63) is 0 Å². The van der Waals surface area contributed by atoms with Gasteiger partial charge in [0.25, 0.3) is 5.91 Å². The van der Waals surface area contributed by atoms with E-state index in [0.717, 1.165) is 4.90 Å². The topological polar surface area (TPSA) is 75.7 Å². The number of hydrogen-bond donors (Lipinski definition) is 1. The SMILES string of the molecule is CC(C)(C)OC(=O)CCN1C(=O)NC(C)(C)C1=O. The summed E-state index contributed by atoms with van der Waals surface area (Å²) in [4.78, 5) is 35.9. The van der Waals surface area contributed by atoms with Gasteiger partial charge in [0.05, 0.1) is 6.42 Å². The normalized spacial score (nSPS) is 18.8. The van der Waals surface area contributed by atoms with Crippen molar-refractivity contribution in [2.24, 2.45) is 0 Å². The van der Waals surface area contributed by atoms with Gasteiger partial charge >= 0.3 is 12.0 Å². The highest BCUT2D eigenvalue weighted by Gasteiger charge is 2.44. The van der Waals surface area contributed by atoms with E-state index in [-0.39, 0.29) is 18.9 Å². The zero-order valence-electron chi connectivity index (χ0n) is 11.5. The van der Waals surface area contributed by atoms with E-state index in [1.807, 2.05) is 0 Å². The number of esters is 1. The zero-order chi connectivity index (χ0) is 14.1. The van der Waals surface area contributed by atoms with Gasteiger partial charge in [-0.05, 0) is 34.6 Å². The van der Waals surface area contributed by atoms with Gasteiger partial charge in [-0.3, -0.25) is 14.5 Å². The number of urea groups is 1. The molecule has 0 atom stereocenters. The number of ether oxygens (including phenoxy) is 1. The largest absolute Gasteiger partial charge is 0.460 e. The lowest BCUT2D eigenvalue weighted by molar-refractivity contribution is -0.155. The summed E-state index contributed by atoms with van der Waals surface area (Å²) in [5.74, 6) is -0.746. The Morgan fingerprint density at radius 1 is 1.33 bits per heavy atom. The Kier molecular flexibility index (Phi) is 3.69. The predicted octanol–water partition coefficient (Wildman–Crippen LogP) is 1.05. The van der Waals surface area contributed by atoms with Gasteiger partial charge in [0.1, 0.15) is 11.1 Å². The molecule has 3 amide bonds. The Balaban J connectivity index is 2.52. The molecule has 0 bridgehead atoms. The van der Waals surface area contributed by atoms with Crippen molar-refractivity contribution in [2.45, 2.75) is 52.2 Å². The second-order valence-corrected chi connectivity index (χ2v) is 5.85. The minimum Gasteiger partial charge on any atom is -0.460 e. The molecule has 0 spiro atoms. The lowest BCUT2D eigenvalue weighted by Crippen LogP contribution is -2.40. The van der Waals surface area contributed by atoms with Crippen LogP contribution in [0.3, 0.4) is 0 Å². The third kappa shape index (κ3) is 3.45. The molecule has 0 aromatic rings. The molecule has 1 saturated heterocycles. The van der Waals surface area contributed by atoms with Crippen LogP contribution in [0.1, 0.15) is 41.0 Å². The second-order valence-electron chi connectivity index (χ2n) is 5.85. The Morgan fingerprint density at radius 3 is 2.28 bits per heavy atom. The van der Waals surface area contributed by atoms with Crippen LogP contribution in [0.2, 0.25) is 0 Å². The maximum atomic E-state index is 11.8. The lowest BCUT2D eigenvalue weighted by atomic mass is 10.1. The first-order valence-electron chi connectivity index (χ1n) is 5.89. The van der Waals surface area contributed by atoms with E-state index >= 15 is 0 Å². The summed E-state index contributed by atoms with van der Waals surface area (Å²) in [5.41, 5.74) is -1.46. The van der Waals surface area contributed by atoms with Gasteiger partial charge < -0.3 is 10.1 Å². The number of hydrogen-bond acceptors (Lipinski definition) is 4. The summed E-state index contributed by atoms with van der Waals surface area (Å²) < 4.78 is 5.11. The molecule has 1 rings (SSSR count). The van der Waals surface area contributed by atoms with Crippen molar-refractivity contribution in [1.82, 2.24) is 10.2 Å². The number of nitrogens with zero attached hydrogens (tertiary/aromatic N) is 1. The van der Waals surface area contributed by atoms with Crippen molar-refractivity contribution in [3.63, 3.8) is 0 Å². The highest BCUT2D eigenvalue weighted by Crippen LogP contribution is 2.17.